The second-order valence-corrected chi connectivity index (χ2v) is 2.52. The van der Waals surface area contributed by atoms with E-state index in [4.69, 9.17) is 0 Å². The first kappa shape index (κ1) is 9.63. The van der Waals surface area contributed by atoms with E-state index in [2.05, 4.69) is 15.9 Å². The third-order valence-corrected chi connectivity index (χ3v) is 1.29. The molecule has 0 N–H and O–H groups in total. The van der Waals surface area contributed by atoms with Gasteiger partial charge in [0.1, 0.15) is 5.78 Å². The lowest BCUT2D eigenvalue weighted by Crippen LogP contribution is -1.85. The zero-order valence-corrected chi connectivity index (χ0v) is 7.60. The fourth-order valence-electron chi connectivity index (χ4n) is 0.503. The van der Waals surface area contributed by atoms with E-state index in [1.54, 1.807) is 11.9 Å². The van der Waals surface area contributed by atoms with Gasteiger partial charge in [-0.1, -0.05) is 34.2 Å². The minimum absolute atomic E-state index is 0.243. The number of allylic oxidation sites excluding steroid dienone is 3. The highest BCUT2D eigenvalue weighted by Crippen LogP contribution is 1.92. The molecule has 0 spiro atoms. The lowest BCUT2D eigenvalue weighted by molar-refractivity contribution is -0.116. The first-order valence-corrected chi connectivity index (χ1v) is 4.10. The Balaban J connectivity index is 3.27. The molecule has 10 heavy (non-hydrogen) atoms. The van der Waals surface area contributed by atoms with Crippen molar-refractivity contribution in [3.05, 3.63) is 23.2 Å². The summed E-state index contributed by atoms with van der Waals surface area (Å²) < 4.78 is 0. The SMILES string of the molecule is CC(=O)CC/C=C/C=C/Br. The summed E-state index contributed by atoms with van der Waals surface area (Å²) in [5.74, 6) is 0.243. The van der Waals surface area contributed by atoms with Gasteiger partial charge in [0.05, 0.1) is 0 Å². The van der Waals surface area contributed by atoms with Crippen molar-refractivity contribution in [2.75, 3.05) is 0 Å². The summed E-state index contributed by atoms with van der Waals surface area (Å²) in [5.41, 5.74) is 0. The van der Waals surface area contributed by atoms with Gasteiger partial charge in [-0.2, -0.15) is 0 Å². The molecule has 0 bridgehead atoms. The number of hydrogen-bond donors (Lipinski definition) is 0. The van der Waals surface area contributed by atoms with E-state index >= 15 is 0 Å². The predicted molar refractivity (Wildman–Crippen MR) is 47.1 cm³/mol. The maximum atomic E-state index is 10.4. The van der Waals surface area contributed by atoms with Crippen molar-refractivity contribution in [3.8, 4) is 0 Å². The summed E-state index contributed by atoms with van der Waals surface area (Å²) in [6.45, 7) is 1.61. The fraction of sp³-hybridized carbons (Fsp3) is 0.375. The quantitative estimate of drug-likeness (QED) is 0.642. The highest BCUT2D eigenvalue weighted by Gasteiger charge is 1.86. The molecule has 0 amide bonds. The van der Waals surface area contributed by atoms with Crippen molar-refractivity contribution in [1.29, 1.82) is 0 Å². The third-order valence-electron chi connectivity index (χ3n) is 0.983. The van der Waals surface area contributed by atoms with Crippen LogP contribution in [0.1, 0.15) is 19.8 Å². The van der Waals surface area contributed by atoms with Crippen LogP contribution in [-0.4, -0.2) is 5.78 Å². The monoisotopic (exact) mass is 202 g/mol. The number of hydrogen-bond acceptors (Lipinski definition) is 1. The number of ketones is 1. The summed E-state index contributed by atoms with van der Waals surface area (Å²) in [6.07, 6.45) is 7.25. The van der Waals surface area contributed by atoms with E-state index in [0.717, 1.165) is 6.42 Å². The van der Waals surface area contributed by atoms with Crippen LogP contribution < -0.4 is 0 Å². The Morgan fingerprint density at radius 2 is 2.20 bits per heavy atom. The molecule has 0 aliphatic rings. The molecule has 0 rings (SSSR count). The molecule has 0 aliphatic carbocycles. The van der Waals surface area contributed by atoms with Gasteiger partial charge in [-0.15, -0.1) is 0 Å². The van der Waals surface area contributed by atoms with Gasteiger partial charge in [0, 0.05) is 6.42 Å². The zero-order valence-electron chi connectivity index (χ0n) is 6.01. The summed E-state index contributed by atoms with van der Waals surface area (Å²) in [6, 6.07) is 0. The zero-order chi connectivity index (χ0) is 7.82. The van der Waals surface area contributed by atoms with Gasteiger partial charge >= 0.3 is 0 Å². The maximum Gasteiger partial charge on any atom is 0.130 e. The van der Waals surface area contributed by atoms with E-state index in [9.17, 15) is 4.79 Å². The van der Waals surface area contributed by atoms with Crippen molar-refractivity contribution in [3.63, 3.8) is 0 Å². The fourth-order valence-corrected chi connectivity index (χ4v) is 0.680. The molecule has 0 fully saturated rings. The second-order valence-electron chi connectivity index (χ2n) is 1.99. The van der Waals surface area contributed by atoms with Gasteiger partial charge in [0.25, 0.3) is 0 Å². The first-order chi connectivity index (χ1) is 4.77. The van der Waals surface area contributed by atoms with E-state index in [0.29, 0.717) is 6.42 Å². The number of Topliss-reactive ketones (excluding diaryl/α,β-unsaturated/α-hetero) is 1. The van der Waals surface area contributed by atoms with Crippen LogP contribution in [0.15, 0.2) is 23.2 Å². The van der Waals surface area contributed by atoms with Gasteiger partial charge in [0.2, 0.25) is 0 Å². The normalized spacial score (nSPS) is 11.4. The van der Waals surface area contributed by atoms with Crippen LogP contribution in [0.3, 0.4) is 0 Å². The van der Waals surface area contributed by atoms with E-state index < -0.39 is 0 Å². The van der Waals surface area contributed by atoms with Crippen LogP contribution in [0.4, 0.5) is 0 Å². The van der Waals surface area contributed by atoms with Gasteiger partial charge in [0.15, 0.2) is 0 Å². The number of carbonyl (C=O) groups is 1. The molecule has 0 aromatic rings. The molecule has 0 saturated carbocycles. The molecular weight excluding hydrogens is 192 g/mol. The number of halogens is 1. The van der Waals surface area contributed by atoms with Gasteiger partial charge in [-0.3, -0.25) is 0 Å². The minimum atomic E-state index is 0.243. The summed E-state index contributed by atoms with van der Waals surface area (Å²) in [7, 11) is 0. The summed E-state index contributed by atoms with van der Waals surface area (Å²) in [4.78, 5) is 12.2. The van der Waals surface area contributed by atoms with Crippen LogP contribution in [-0.2, 0) is 4.79 Å². The lowest BCUT2D eigenvalue weighted by Gasteiger charge is -1.85. The van der Waals surface area contributed by atoms with E-state index in [-0.39, 0.29) is 5.78 Å². The average Bonchev–Trinajstić information content (AvgIpc) is 1.87. The summed E-state index contributed by atoms with van der Waals surface area (Å²) in [5, 5.41) is 0. The predicted octanol–water partition coefficient (Wildman–Crippen LogP) is 2.82. The van der Waals surface area contributed by atoms with E-state index in [1.807, 2.05) is 18.2 Å². The molecule has 0 unspecified atom stereocenters. The van der Waals surface area contributed by atoms with Crippen LogP contribution >= 0.6 is 15.9 Å². The molecule has 0 radical (unpaired) electrons. The molecule has 0 aromatic heterocycles. The smallest absolute Gasteiger partial charge is 0.130 e. The Morgan fingerprint density at radius 1 is 1.50 bits per heavy atom. The maximum absolute atomic E-state index is 10.4. The molecule has 0 aliphatic heterocycles. The molecule has 2 heteroatoms. The van der Waals surface area contributed by atoms with Crippen LogP contribution in [0.5, 0.6) is 0 Å². The lowest BCUT2D eigenvalue weighted by atomic mass is 10.2. The van der Waals surface area contributed by atoms with Crippen LogP contribution in [0.2, 0.25) is 0 Å². The Labute approximate surface area is 69.9 Å². The molecule has 0 heterocycles. The highest BCUT2D eigenvalue weighted by molar-refractivity contribution is 9.11. The van der Waals surface area contributed by atoms with E-state index in [1.165, 1.54) is 0 Å². The van der Waals surface area contributed by atoms with Crippen molar-refractivity contribution >= 4 is 21.7 Å². The van der Waals surface area contributed by atoms with Crippen LogP contribution in [0.25, 0.3) is 0 Å². The number of carbonyl (C=O) groups excluding carboxylic acids is 1. The van der Waals surface area contributed by atoms with Crippen LogP contribution in [0, 0.1) is 0 Å². The molecule has 0 aromatic carbocycles. The largest absolute Gasteiger partial charge is 0.300 e. The highest BCUT2D eigenvalue weighted by atomic mass is 79.9. The average molecular weight is 203 g/mol. The second kappa shape index (κ2) is 6.75. The number of rotatable bonds is 4. The molecular formula is C8H11BrO. The van der Waals surface area contributed by atoms with Gasteiger partial charge in [-0.05, 0) is 18.3 Å². The van der Waals surface area contributed by atoms with Gasteiger partial charge < -0.3 is 4.79 Å². The Hall–Kier alpha value is -0.370. The first-order valence-electron chi connectivity index (χ1n) is 3.18. The van der Waals surface area contributed by atoms with Crippen molar-refractivity contribution in [1.82, 2.24) is 0 Å². The minimum Gasteiger partial charge on any atom is -0.300 e. The topological polar surface area (TPSA) is 17.1 Å². The van der Waals surface area contributed by atoms with Crippen molar-refractivity contribution in [2.45, 2.75) is 19.8 Å². The summed E-state index contributed by atoms with van der Waals surface area (Å²) >= 11 is 3.13. The van der Waals surface area contributed by atoms with Crippen molar-refractivity contribution < 1.29 is 4.79 Å². The Morgan fingerprint density at radius 3 is 2.70 bits per heavy atom. The Kier molecular flexibility index (Phi) is 6.50. The Bertz CT molecular complexity index is 147. The molecule has 1 nitrogen and oxygen atoms in total. The standard InChI is InChI=1S/C8H11BrO/c1-8(10)6-4-2-3-5-7-9/h2-3,5,7H,4,6H2,1H3/b3-2+,7-5+. The molecule has 56 valence electrons. The third kappa shape index (κ3) is 7.63. The molecule has 0 atom stereocenters. The van der Waals surface area contributed by atoms with Gasteiger partial charge in [-0.25, -0.2) is 0 Å². The van der Waals surface area contributed by atoms with Crippen molar-refractivity contribution in [2.24, 2.45) is 0 Å². The molecule has 0 saturated heterocycles.